The Labute approximate surface area is 172 Å². The van der Waals surface area contributed by atoms with E-state index in [2.05, 4.69) is 16.7 Å². The van der Waals surface area contributed by atoms with Gasteiger partial charge in [0.25, 0.3) is 0 Å². The van der Waals surface area contributed by atoms with E-state index in [0.717, 1.165) is 10.4 Å². The first-order chi connectivity index (χ1) is 13.2. The van der Waals surface area contributed by atoms with Crippen LogP contribution >= 0.6 is 22.9 Å². The molecule has 0 fully saturated rings. The standard InChI is InChI=1S/C19H21ClN4O3S/c1-11-12(2)28-19(14(11)8-21)23-18(26)10-24(3)9-17(25)22-15-7-13(20)5-6-16(15)27-4/h5-7H,9-10H2,1-4H3,(H,22,25)(H,23,26). The topological polar surface area (TPSA) is 94.5 Å². The fourth-order valence-electron chi connectivity index (χ4n) is 2.53. The molecule has 1 aromatic heterocycles. The van der Waals surface area contributed by atoms with E-state index >= 15 is 0 Å². The van der Waals surface area contributed by atoms with Crippen LogP contribution in [0.1, 0.15) is 16.0 Å². The van der Waals surface area contributed by atoms with E-state index in [4.69, 9.17) is 16.3 Å². The number of carbonyl (C=O) groups is 2. The predicted molar refractivity (Wildman–Crippen MR) is 111 cm³/mol. The van der Waals surface area contributed by atoms with Crippen LogP contribution in [-0.2, 0) is 9.59 Å². The number of methoxy groups -OCH3 is 1. The minimum atomic E-state index is -0.309. The third kappa shape index (κ3) is 5.45. The van der Waals surface area contributed by atoms with Gasteiger partial charge in [0, 0.05) is 9.90 Å². The van der Waals surface area contributed by atoms with Crippen molar-refractivity contribution in [1.29, 1.82) is 5.26 Å². The zero-order valence-corrected chi connectivity index (χ0v) is 17.6. The minimum absolute atomic E-state index is 0.000957. The summed E-state index contributed by atoms with van der Waals surface area (Å²) < 4.78 is 5.19. The molecule has 9 heteroatoms. The van der Waals surface area contributed by atoms with Crippen molar-refractivity contribution in [3.63, 3.8) is 0 Å². The Morgan fingerprint density at radius 1 is 1.25 bits per heavy atom. The molecule has 28 heavy (non-hydrogen) atoms. The van der Waals surface area contributed by atoms with E-state index in [1.165, 1.54) is 18.4 Å². The number of halogens is 1. The fraction of sp³-hybridized carbons (Fsp3) is 0.316. The molecule has 2 aromatic rings. The van der Waals surface area contributed by atoms with Crippen molar-refractivity contribution in [2.45, 2.75) is 13.8 Å². The quantitative estimate of drug-likeness (QED) is 0.715. The van der Waals surface area contributed by atoms with Gasteiger partial charge in [-0.1, -0.05) is 11.6 Å². The smallest absolute Gasteiger partial charge is 0.239 e. The van der Waals surface area contributed by atoms with Crippen LogP contribution in [0.15, 0.2) is 18.2 Å². The second-order valence-electron chi connectivity index (χ2n) is 6.21. The van der Waals surface area contributed by atoms with Crippen molar-refractivity contribution >= 4 is 45.4 Å². The molecule has 2 amide bonds. The summed E-state index contributed by atoms with van der Waals surface area (Å²) in [6.45, 7) is 3.75. The Balaban J connectivity index is 1.93. The van der Waals surface area contributed by atoms with E-state index in [1.54, 1.807) is 30.1 Å². The van der Waals surface area contributed by atoms with E-state index in [0.29, 0.717) is 27.0 Å². The summed E-state index contributed by atoms with van der Waals surface area (Å²) in [6, 6.07) is 7.03. The number of amides is 2. The van der Waals surface area contributed by atoms with Crippen molar-refractivity contribution in [3.05, 3.63) is 39.2 Å². The zero-order chi connectivity index (χ0) is 20.8. The molecule has 0 radical (unpaired) electrons. The number of aryl methyl sites for hydroxylation is 1. The molecular formula is C19H21ClN4O3S. The average molecular weight is 421 g/mol. The lowest BCUT2D eigenvalue weighted by Crippen LogP contribution is -2.36. The maximum atomic E-state index is 12.3. The van der Waals surface area contributed by atoms with Gasteiger partial charge in [-0.15, -0.1) is 11.3 Å². The molecule has 0 spiro atoms. The van der Waals surface area contributed by atoms with E-state index in [9.17, 15) is 14.9 Å². The van der Waals surface area contributed by atoms with Gasteiger partial charge in [0.05, 0.1) is 31.5 Å². The summed E-state index contributed by atoms with van der Waals surface area (Å²) in [5, 5.41) is 15.7. The number of hydrogen-bond acceptors (Lipinski definition) is 6. The van der Waals surface area contributed by atoms with Gasteiger partial charge in [-0.25, -0.2) is 0 Å². The first-order valence-electron chi connectivity index (χ1n) is 8.37. The van der Waals surface area contributed by atoms with Gasteiger partial charge in [-0.2, -0.15) is 5.26 Å². The van der Waals surface area contributed by atoms with Crippen LogP contribution < -0.4 is 15.4 Å². The summed E-state index contributed by atoms with van der Waals surface area (Å²) in [5.74, 6) is -0.115. The number of rotatable bonds is 7. The molecule has 1 aromatic carbocycles. The molecule has 0 saturated carbocycles. The molecule has 0 atom stereocenters. The molecule has 7 nitrogen and oxygen atoms in total. The largest absolute Gasteiger partial charge is 0.495 e. The van der Waals surface area contributed by atoms with Crippen LogP contribution in [0.5, 0.6) is 5.75 Å². The van der Waals surface area contributed by atoms with Crippen LogP contribution in [-0.4, -0.2) is 44.0 Å². The van der Waals surface area contributed by atoms with E-state index in [-0.39, 0.29) is 24.9 Å². The summed E-state index contributed by atoms with van der Waals surface area (Å²) in [4.78, 5) is 27.1. The molecule has 0 saturated heterocycles. The molecule has 0 bridgehead atoms. The SMILES string of the molecule is COc1ccc(Cl)cc1NC(=O)CN(C)CC(=O)Nc1sc(C)c(C)c1C#N. The van der Waals surface area contributed by atoms with Crippen molar-refractivity contribution in [3.8, 4) is 11.8 Å². The van der Waals surface area contributed by atoms with Crippen LogP contribution in [0.2, 0.25) is 5.02 Å². The van der Waals surface area contributed by atoms with Crippen LogP contribution in [0, 0.1) is 25.2 Å². The predicted octanol–water partition coefficient (Wildman–Crippen LogP) is 3.41. The van der Waals surface area contributed by atoms with Gasteiger partial charge < -0.3 is 15.4 Å². The van der Waals surface area contributed by atoms with Crippen molar-refractivity contribution in [2.24, 2.45) is 0 Å². The molecule has 148 valence electrons. The number of thiophene rings is 1. The first kappa shape index (κ1) is 21.7. The highest BCUT2D eigenvalue weighted by Gasteiger charge is 2.17. The molecule has 2 rings (SSSR count). The number of hydrogen-bond donors (Lipinski definition) is 2. The Morgan fingerprint density at radius 2 is 1.89 bits per heavy atom. The number of nitriles is 1. The fourth-order valence-corrected chi connectivity index (χ4v) is 3.73. The molecule has 1 heterocycles. The first-order valence-corrected chi connectivity index (χ1v) is 9.56. The van der Waals surface area contributed by atoms with E-state index in [1.807, 2.05) is 13.8 Å². The van der Waals surface area contributed by atoms with Gasteiger partial charge in [0.1, 0.15) is 16.8 Å². The highest BCUT2D eigenvalue weighted by atomic mass is 35.5. The Bertz CT molecular complexity index is 936. The van der Waals surface area contributed by atoms with Crippen LogP contribution in [0.3, 0.4) is 0 Å². The minimum Gasteiger partial charge on any atom is -0.495 e. The molecule has 0 aliphatic rings. The number of nitrogens with one attached hydrogen (secondary N) is 2. The Morgan fingerprint density at radius 3 is 2.50 bits per heavy atom. The molecule has 0 aliphatic heterocycles. The number of nitrogens with zero attached hydrogens (tertiary/aromatic N) is 2. The van der Waals surface area contributed by atoms with Gasteiger partial charge >= 0.3 is 0 Å². The van der Waals surface area contributed by atoms with Gasteiger partial charge in [0.2, 0.25) is 11.8 Å². The monoisotopic (exact) mass is 420 g/mol. The lowest BCUT2D eigenvalue weighted by Gasteiger charge is -2.16. The third-order valence-electron chi connectivity index (χ3n) is 4.01. The summed E-state index contributed by atoms with van der Waals surface area (Å²) in [6.07, 6.45) is 0. The van der Waals surface area contributed by atoms with Gasteiger partial charge in [0.15, 0.2) is 0 Å². The van der Waals surface area contributed by atoms with Crippen molar-refractivity contribution in [2.75, 3.05) is 37.9 Å². The number of anilines is 2. The maximum absolute atomic E-state index is 12.3. The molecule has 0 unspecified atom stereocenters. The zero-order valence-electron chi connectivity index (χ0n) is 16.1. The highest BCUT2D eigenvalue weighted by Crippen LogP contribution is 2.31. The summed E-state index contributed by atoms with van der Waals surface area (Å²) in [7, 11) is 3.16. The lowest BCUT2D eigenvalue weighted by molar-refractivity contribution is -0.119. The highest BCUT2D eigenvalue weighted by molar-refractivity contribution is 7.16. The van der Waals surface area contributed by atoms with Crippen molar-refractivity contribution < 1.29 is 14.3 Å². The second kappa shape index (κ2) is 9.55. The van der Waals surface area contributed by atoms with Gasteiger partial charge in [-0.05, 0) is 44.7 Å². The second-order valence-corrected chi connectivity index (χ2v) is 7.87. The average Bonchev–Trinajstić information content (AvgIpc) is 2.87. The molecule has 0 aliphatic carbocycles. The molecule has 2 N–H and O–H groups in total. The summed E-state index contributed by atoms with van der Waals surface area (Å²) in [5.41, 5.74) is 1.80. The number of ether oxygens (including phenoxy) is 1. The normalized spacial score (nSPS) is 10.5. The van der Waals surface area contributed by atoms with Gasteiger partial charge in [-0.3, -0.25) is 14.5 Å². The third-order valence-corrected chi connectivity index (χ3v) is 5.37. The van der Waals surface area contributed by atoms with Crippen molar-refractivity contribution in [1.82, 2.24) is 4.90 Å². The van der Waals surface area contributed by atoms with Crippen LogP contribution in [0.25, 0.3) is 0 Å². The summed E-state index contributed by atoms with van der Waals surface area (Å²) >= 11 is 7.32. The Hall–Kier alpha value is -2.60. The number of carbonyl (C=O) groups excluding carboxylic acids is 2. The van der Waals surface area contributed by atoms with E-state index < -0.39 is 0 Å². The Kier molecular flexibility index (Phi) is 7.40. The number of likely N-dealkylation sites (N-methyl/N-ethyl adjacent to an activating group) is 1. The maximum Gasteiger partial charge on any atom is 0.239 e. The number of benzene rings is 1. The van der Waals surface area contributed by atoms with Crippen LogP contribution in [0.4, 0.5) is 10.7 Å². The lowest BCUT2D eigenvalue weighted by atomic mass is 10.2. The molecular weight excluding hydrogens is 400 g/mol.